The van der Waals surface area contributed by atoms with E-state index in [-0.39, 0.29) is 5.15 Å². The third-order valence-electron chi connectivity index (χ3n) is 2.85. The number of benzene rings is 1. The molecule has 3 aromatic rings. The summed E-state index contributed by atoms with van der Waals surface area (Å²) in [7, 11) is 1.54. The predicted octanol–water partition coefficient (Wildman–Crippen LogP) is 2.99. The van der Waals surface area contributed by atoms with Gasteiger partial charge in [-0.05, 0) is 18.2 Å². The van der Waals surface area contributed by atoms with E-state index in [1.807, 2.05) is 36.4 Å². The maximum atomic E-state index is 6.04. The Morgan fingerprint density at radius 3 is 2.65 bits per heavy atom. The van der Waals surface area contributed by atoms with Gasteiger partial charge in [-0.25, -0.2) is 14.6 Å². The third-order valence-corrected chi connectivity index (χ3v) is 3.12. The summed E-state index contributed by atoms with van der Waals surface area (Å²) in [5.41, 5.74) is 2.33. The number of aromatic nitrogens is 4. The summed E-state index contributed by atoms with van der Waals surface area (Å²) in [6.07, 6.45) is 3.11. The van der Waals surface area contributed by atoms with Crippen molar-refractivity contribution in [2.24, 2.45) is 0 Å². The Bertz CT molecular complexity index is 727. The SMILES string of the molecule is COc1c(Cl)ncnc1-c1ccnn1-c1ccccc1. The Morgan fingerprint density at radius 2 is 1.90 bits per heavy atom. The summed E-state index contributed by atoms with van der Waals surface area (Å²) in [4.78, 5) is 8.18. The summed E-state index contributed by atoms with van der Waals surface area (Å²) in [6, 6.07) is 11.6. The summed E-state index contributed by atoms with van der Waals surface area (Å²) < 4.78 is 7.07. The first-order valence-corrected chi connectivity index (χ1v) is 6.33. The number of halogens is 1. The van der Waals surface area contributed by atoms with Gasteiger partial charge < -0.3 is 4.74 Å². The number of hydrogen-bond donors (Lipinski definition) is 0. The minimum absolute atomic E-state index is 0.276. The second kappa shape index (κ2) is 5.30. The van der Waals surface area contributed by atoms with E-state index in [1.165, 1.54) is 13.4 Å². The minimum Gasteiger partial charge on any atom is -0.491 e. The first-order valence-electron chi connectivity index (χ1n) is 5.95. The molecule has 0 fully saturated rings. The molecule has 0 saturated carbocycles. The van der Waals surface area contributed by atoms with E-state index < -0.39 is 0 Å². The Balaban J connectivity index is 2.18. The Morgan fingerprint density at radius 1 is 1.10 bits per heavy atom. The monoisotopic (exact) mass is 286 g/mol. The lowest BCUT2D eigenvalue weighted by Gasteiger charge is -2.10. The van der Waals surface area contributed by atoms with E-state index in [2.05, 4.69) is 15.1 Å². The van der Waals surface area contributed by atoms with Gasteiger partial charge in [-0.1, -0.05) is 29.8 Å². The highest BCUT2D eigenvalue weighted by Gasteiger charge is 2.16. The van der Waals surface area contributed by atoms with Gasteiger partial charge in [0.2, 0.25) is 0 Å². The lowest BCUT2D eigenvalue weighted by atomic mass is 10.2. The van der Waals surface area contributed by atoms with Crippen molar-refractivity contribution in [3.63, 3.8) is 0 Å². The molecule has 0 N–H and O–H groups in total. The van der Waals surface area contributed by atoms with Crippen LogP contribution in [0.5, 0.6) is 5.75 Å². The van der Waals surface area contributed by atoms with Gasteiger partial charge in [0.25, 0.3) is 0 Å². The molecule has 0 bridgehead atoms. The van der Waals surface area contributed by atoms with Crippen molar-refractivity contribution in [3.8, 4) is 22.8 Å². The number of para-hydroxylation sites is 1. The van der Waals surface area contributed by atoms with E-state index in [9.17, 15) is 0 Å². The van der Waals surface area contributed by atoms with Crippen molar-refractivity contribution in [2.45, 2.75) is 0 Å². The molecule has 1 aromatic carbocycles. The molecule has 100 valence electrons. The van der Waals surface area contributed by atoms with E-state index in [1.54, 1.807) is 10.9 Å². The van der Waals surface area contributed by atoms with Crippen LogP contribution in [-0.2, 0) is 0 Å². The molecule has 0 aliphatic heterocycles. The van der Waals surface area contributed by atoms with Crippen molar-refractivity contribution >= 4 is 11.6 Å². The summed E-state index contributed by atoms with van der Waals surface area (Å²) in [6.45, 7) is 0. The van der Waals surface area contributed by atoms with Gasteiger partial charge in [-0.2, -0.15) is 5.10 Å². The van der Waals surface area contributed by atoms with Gasteiger partial charge in [-0.3, -0.25) is 0 Å². The van der Waals surface area contributed by atoms with Crippen molar-refractivity contribution in [1.29, 1.82) is 0 Å². The highest BCUT2D eigenvalue weighted by molar-refractivity contribution is 6.31. The molecule has 3 rings (SSSR count). The molecule has 0 spiro atoms. The first kappa shape index (κ1) is 12.6. The zero-order valence-corrected chi connectivity index (χ0v) is 11.4. The summed E-state index contributed by atoms with van der Waals surface area (Å²) >= 11 is 6.04. The van der Waals surface area contributed by atoms with Crippen LogP contribution in [0.2, 0.25) is 5.15 Å². The van der Waals surface area contributed by atoms with Crippen LogP contribution in [0, 0.1) is 0 Å². The molecular weight excluding hydrogens is 276 g/mol. The minimum atomic E-state index is 0.276. The lowest BCUT2D eigenvalue weighted by molar-refractivity contribution is 0.412. The van der Waals surface area contributed by atoms with Gasteiger partial charge in [0.1, 0.15) is 12.0 Å². The largest absolute Gasteiger partial charge is 0.491 e. The average molecular weight is 287 g/mol. The lowest BCUT2D eigenvalue weighted by Crippen LogP contribution is -2.02. The highest BCUT2D eigenvalue weighted by Crippen LogP contribution is 2.33. The number of ether oxygens (including phenoxy) is 1. The molecule has 0 atom stereocenters. The smallest absolute Gasteiger partial charge is 0.184 e. The van der Waals surface area contributed by atoms with Gasteiger partial charge in [0.05, 0.1) is 24.7 Å². The quantitative estimate of drug-likeness (QED) is 0.695. The predicted molar refractivity (Wildman–Crippen MR) is 76.2 cm³/mol. The standard InChI is InChI=1S/C14H11ClN4O/c1-20-13-12(16-9-17-14(13)15)11-7-8-18-19(11)10-5-3-2-4-6-10/h2-9H,1H3. The normalized spacial score (nSPS) is 10.5. The van der Waals surface area contributed by atoms with Gasteiger partial charge in [0, 0.05) is 0 Å². The van der Waals surface area contributed by atoms with Crippen LogP contribution in [0.25, 0.3) is 17.1 Å². The maximum absolute atomic E-state index is 6.04. The fraction of sp³-hybridized carbons (Fsp3) is 0.0714. The molecule has 2 heterocycles. The van der Waals surface area contributed by atoms with Crippen LogP contribution in [0.1, 0.15) is 0 Å². The van der Waals surface area contributed by atoms with Crippen molar-refractivity contribution < 1.29 is 4.74 Å². The topological polar surface area (TPSA) is 52.8 Å². The molecule has 20 heavy (non-hydrogen) atoms. The number of methoxy groups -OCH3 is 1. The van der Waals surface area contributed by atoms with Crippen molar-refractivity contribution in [1.82, 2.24) is 19.7 Å². The zero-order chi connectivity index (χ0) is 13.9. The molecule has 0 aliphatic carbocycles. The highest BCUT2D eigenvalue weighted by atomic mass is 35.5. The molecule has 6 heteroatoms. The Kier molecular flexibility index (Phi) is 3.35. The van der Waals surface area contributed by atoms with Gasteiger partial charge in [-0.15, -0.1) is 0 Å². The first-order chi connectivity index (χ1) is 9.81. The second-order valence-corrected chi connectivity index (χ2v) is 4.37. The summed E-state index contributed by atoms with van der Waals surface area (Å²) in [5.74, 6) is 0.437. The fourth-order valence-electron chi connectivity index (χ4n) is 1.97. The molecule has 2 aromatic heterocycles. The molecule has 0 radical (unpaired) electrons. The van der Waals surface area contributed by atoms with E-state index >= 15 is 0 Å². The Labute approximate surface area is 120 Å². The Hall–Kier alpha value is -2.40. The number of nitrogens with zero attached hydrogens (tertiary/aromatic N) is 4. The molecule has 5 nitrogen and oxygen atoms in total. The van der Waals surface area contributed by atoms with Gasteiger partial charge >= 0.3 is 0 Å². The average Bonchev–Trinajstić information content (AvgIpc) is 2.97. The number of hydrogen-bond acceptors (Lipinski definition) is 4. The van der Waals surface area contributed by atoms with Crippen molar-refractivity contribution in [3.05, 3.63) is 54.1 Å². The summed E-state index contributed by atoms with van der Waals surface area (Å²) in [5, 5.41) is 4.60. The van der Waals surface area contributed by atoms with Crippen LogP contribution in [0.3, 0.4) is 0 Å². The molecule has 0 saturated heterocycles. The van der Waals surface area contributed by atoms with Crippen LogP contribution < -0.4 is 4.74 Å². The third kappa shape index (κ3) is 2.12. The molecule has 0 unspecified atom stereocenters. The van der Waals surface area contributed by atoms with Crippen LogP contribution in [0.15, 0.2) is 48.9 Å². The zero-order valence-electron chi connectivity index (χ0n) is 10.7. The van der Waals surface area contributed by atoms with Crippen LogP contribution >= 0.6 is 11.6 Å². The van der Waals surface area contributed by atoms with E-state index in [0.29, 0.717) is 11.4 Å². The molecule has 0 amide bonds. The maximum Gasteiger partial charge on any atom is 0.184 e. The molecular formula is C14H11ClN4O. The van der Waals surface area contributed by atoms with Crippen LogP contribution in [-0.4, -0.2) is 26.9 Å². The number of rotatable bonds is 3. The second-order valence-electron chi connectivity index (χ2n) is 4.01. The van der Waals surface area contributed by atoms with Crippen LogP contribution in [0.4, 0.5) is 0 Å². The fourth-order valence-corrected chi connectivity index (χ4v) is 2.18. The van der Waals surface area contributed by atoms with E-state index in [0.717, 1.165) is 11.4 Å². The van der Waals surface area contributed by atoms with Gasteiger partial charge in [0.15, 0.2) is 10.9 Å². The van der Waals surface area contributed by atoms with E-state index in [4.69, 9.17) is 16.3 Å². The molecule has 0 aliphatic rings. The van der Waals surface area contributed by atoms with Crippen molar-refractivity contribution in [2.75, 3.05) is 7.11 Å².